The van der Waals surface area contributed by atoms with Crippen LogP contribution in [0.15, 0.2) is 12.2 Å². The van der Waals surface area contributed by atoms with E-state index in [1.807, 2.05) is 0 Å². The first-order valence-electron chi connectivity index (χ1n) is 14.1. The minimum Gasteiger partial charge on any atom is -0.393 e. The molecule has 0 spiro atoms. The SMILES string of the molecule is CC(C)C(/C=C/[C@@H](C)[C@H]1CC[C@H]2[C@@H]3C[C@H](O)C4C[C@H](O)[C@@H](O)C[C@]4(C)[C@H]3CC[C@]12C)C(C)C. The minimum atomic E-state index is -0.674. The third-order valence-corrected chi connectivity index (χ3v) is 11.6. The molecule has 1 unspecified atom stereocenters. The Balaban J connectivity index is 1.54. The van der Waals surface area contributed by atoms with Gasteiger partial charge < -0.3 is 15.3 Å². The van der Waals surface area contributed by atoms with Crippen LogP contribution in [0.2, 0.25) is 0 Å². The molecule has 4 aliphatic carbocycles. The zero-order chi connectivity index (χ0) is 24.3. The second-order valence-electron chi connectivity index (χ2n) is 13.9. The normalized spacial score (nSPS) is 48.9. The van der Waals surface area contributed by atoms with Crippen LogP contribution in [0.25, 0.3) is 0 Å². The van der Waals surface area contributed by atoms with Gasteiger partial charge in [0.15, 0.2) is 0 Å². The van der Waals surface area contributed by atoms with E-state index in [2.05, 4.69) is 60.6 Å². The molecule has 0 bridgehead atoms. The summed E-state index contributed by atoms with van der Waals surface area (Å²) in [6.45, 7) is 16.7. The Kier molecular flexibility index (Phi) is 7.20. The van der Waals surface area contributed by atoms with Crippen molar-refractivity contribution in [1.29, 1.82) is 0 Å². The fraction of sp³-hybridized carbons (Fsp3) is 0.933. The summed E-state index contributed by atoms with van der Waals surface area (Å²) in [5.74, 6) is 5.26. The molecular formula is C30H52O3. The molecule has 33 heavy (non-hydrogen) atoms. The van der Waals surface area contributed by atoms with E-state index in [-0.39, 0.29) is 17.4 Å². The molecule has 0 heterocycles. The molecule has 0 amide bonds. The summed E-state index contributed by atoms with van der Waals surface area (Å²) in [6.07, 6.45) is 10.6. The van der Waals surface area contributed by atoms with Gasteiger partial charge >= 0.3 is 0 Å². The predicted molar refractivity (Wildman–Crippen MR) is 135 cm³/mol. The van der Waals surface area contributed by atoms with E-state index in [0.717, 1.165) is 12.3 Å². The molecule has 0 aliphatic heterocycles. The fourth-order valence-corrected chi connectivity index (χ4v) is 9.88. The van der Waals surface area contributed by atoms with Crippen LogP contribution in [0.5, 0.6) is 0 Å². The van der Waals surface area contributed by atoms with Gasteiger partial charge in [-0.3, -0.25) is 0 Å². The van der Waals surface area contributed by atoms with Crippen molar-refractivity contribution in [3.63, 3.8) is 0 Å². The molecule has 0 saturated heterocycles. The molecule has 3 N–H and O–H groups in total. The van der Waals surface area contributed by atoms with Crippen molar-refractivity contribution in [3.05, 3.63) is 12.2 Å². The summed E-state index contributed by atoms with van der Waals surface area (Å²) < 4.78 is 0. The number of fused-ring (bicyclic) bond motifs is 5. The molecule has 0 aromatic carbocycles. The Bertz CT molecular complexity index is 707. The summed E-state index contributed by atoms with van der Waals surface area (Å²) in [5, 5.41) is 32.1. The van der Waals surface area contributed by atoms with Gasteiger partial charge in [0.05, 0.1) is 18.3 Å². The van der Waals surface area contributed by atoms with Crippen LogP contribution >= 0.6 is 0 Å². The van der Waals surface area contributed by atoms with Crippen molar-refractivity contribution in [2.24, 2.45) is 64.1 Å². The summed E-state index contributed by atoms with van der Waals surface area (Å²) in [7, 11) is 0. The van der Waals surface area contributed by atoms with Crippen molar-refractivity contribution in [3.8, 4) is 0 Å². The largest absolute Gasteiger partial charge is 0.393 e. The first kappa shape index (κ1) is 25.7. The van der Waals surface area contributed by atoms with E-state index in [1.165, 1.54) is 25.7 Å². The molecular weight excluding hydrogens is 408 g/mol. The van der Waals surface area contributed by atoms with Gasteiger partial charge in [0.1, 0.15) is 0 Å². The number of hydrogen-bond acceptors (Lipinski definition) is 3. The lowest BCUT2D eigenvalue weighted by atomic mass is 9.43. The molecule has 11 atom stereocenters. The Labute approximate surface area is 203 Å². The van der Waals surface area contributed by atoms with Gasteiger partial charge in [0.25, 0.3) is 0 Å². The third-order valence-electron chi connectivity index (χ3n) is 11.6. The lowest BCUT2D eigenvalue weighted by Gasteiger charge is -2.62. The molecule has 4 aliphatic rings. The highest BCUT2D eigenvalue weighted by molar-refractivity contribution is 5.13. The van der Waals surface area contributed by atoms with Crippen LogP contribution < -0.4 is 0 Å². The smallest absolute Gasteiger partial charge is 0.0804 e. The van der Waals surface area contributed by atoms with E-state index in [9.17, 15) is 15.3 Å². The van der Waals surface area contributed by atoms with Gasteiger partial charge in [0.2, 0.25) is 0 Å². The highest BCUT2D eigenvalue weighted by Gasteiger charge is 2.63. The van der Waals surface area contributed by atoms with Crippen LogP contribution in [-0.2, 0) is 0 Å². The molecule has 3 heteroatoms. The van der Waals surface area contributed by atoms with E-state index < -0.39 is 12.2 Å². The van der Waals surface area contributed by atoms with E-state index in [1.54, 1.807) is 0 Å². The van der Waals surface area contributed by atoms with Gasteiger partial charge in [-0.05, 0) is 109 Å². The maximum Gasteiger partial charge on any atom is 0.0804 e. The standard InChI is InChI=1S/C30H52O3/c1-17(2)20(18(3)4)9-8-19(5)22-10-11-23-21-14-26(31)25-15-27(32)28(33)16-30(25,7)24(21)12-13-29(22,23)6/h8-9,17-28,31-33H,10-16H2,1-7H3/b9-8+/t19-,21+,22-,23+,24+,25?,26+,27+,28+,29-,30-/m1/s1. The number of aliphatic hydroxyl groups excluding tert-OH is 3. The Morgan fingerprint density at radius 3 is 1.97 bits per heavy atom. The van der Waals surface area contributed by atoms with E-state index in [4.69, 9.17) is 0 Å². The average molecular weight is 461 g/mol. The average Bonchev–Trinajstić information content (AvgIpc) is 3.07. The second kappa shape index (κ2) is 9.25. The van der Waals surface area contributed by atoms with Gasteiger partial charge in [0, 0.05) is 0 Å². The summed E-state index contributed by atoms with van der Waals surface area (Å²) >= 11 is 0. The van der Waals surface area contributed by atoms with Crippen molar-refractivity contribution >= 4 is 0 Å². The van der Waals surface area contributed by atoms with Gasteiger partial charge in [-0.2, -0.15) is 0 Å². The molecule has 0 aromatic rings. The Morgan fingerprint density at radius 2 is 1.33 bits per heavy atom. The third kappa shape index (κ3) is 4.27. The molecule has 4 fully saturated rings. The number of hydrogen-bond donors (Lipinski definition) is 3. The Hall–Kier alpha value is -0.380. The molecule has 0 radical (unpaired) electrons. The topological polar surface area (TPSA) is 60.7 Å². The maximum atomic E-state index is 11.2. The van der Waals surface area contributed by atoms with Crippen molar-refractivity contribution < 1.29 is 15.3 Å². The lowest BCUT2D eigenvalue weighted by molar-refractivity contribution is -0.195. The minimum absolute atomic E-state index is 0.0480. The maximum absolute atomic E-state index is 11.2. The second-order valence-corrected chi connectivity index (χ2v) is 13.9. The van der Waals surface area contributed by atoms with Gasteiger partial charge in [-0.15, -0.1) is 0 Å². The van der Waals surface area contributed by atoms with E-state index >= 15 is 0 Å². The molecule has 190 valence electrons. The fourth-order valence-electron chi connectivity index (χ4n) is 9.88. The lowest BCUT2D eigenvalue weighted by Crippen LogP contribution is -2.60. The van der Waals surface area contributed by atoms with Crippen LogP contribution in [-0.4, -0.2) is 33.6 Å². The van der Waals surface area contributed by atoms with Crippen LogP contribution in [0.1, 0.15) is 93.4 Å². The summed E-state index contributed by atoms with van der Waals surface area (Å²) in [5.41, 5.74) is 0.305. The van der Waals surface area contributed by atoms with Crippen LogP contribution in [0.3, 0.4) is 0 Å². The number of allylic oxidation sites excluding steroid dienone is 2. The monoisotopic (exact) mass is 460 g/mol. The van der Waals surface area contributed by atoms with Gasteiger partial charge in [-0.1, -0.05) is 60.6 Å². The molecule has 4 saturated carbocycles. The van der Waals surface area contributed by atoms with Crippen molar-refractivity contribution in [2.75, 3.05) is 0 Å². The van der Waals surface area contributed by atoms with Crippen molar-refractivity contribution in [1.82, 2.24) is 0 Å². The van der Waals surface area contributed by atoms with Gasteiger partial charge in [-0.25, -0.2) is 0 Å². The molecule has 4 rings (SSSR count). The highest BCUT2D eigenvalue weighted by Crippen LogP contribution is 2.68. The zero-order valence-electron chi connectivity index (χ0n) is 22.4. The summed E-state index contributed by atoms with van der Waals surface area (Å²) in [6, 6.07) is 0. The summed E-state index contributed by atoms with van der Waals surface area (Å²) in [4.78, 5) is 0. The van der Waals surface area contributed by atoms with Crippen LogP contribution in [0, 0.1) is 64.1 Å². The number of aliphatic hydroxyl groups is 3. The Morgan fingerprint density at radius 1 is 0.697 bits per heavy atom. The number of rotatable bonds is 5. The zero-order valence-corrected chi connectivity index (χ0v) is 22.4. The highest BCUT2D eigenvalue weighted by atomic mass is 16.3. The quantitative estimate of drug-likeness (QED) is 0.437. The van der Waals surface area contributed by atoms with Crippen molar-refractivity contribution in [2.45, 2.75) is 112 Å². The van der Waals surface area contributed by atoms with Crippen LogP contribution in [0.4, 0.5) is 0 Å². The molecule has 0 aromatic heterocycles. The molecule has 3 nitrogen and oxygen atoms in total. The van der Waals surface area contributed by atoms with E-state index in [0.29, 0.717) is 59.7 Å². The predicted octanol–water partition coefficient (Wildman–Crippen LogP) is 6.07. The first-order chi connectivity index (χ1) is 15.4. The first-order valence-corrected chi connectivity index (χ1v) is 14.1.